The van der Waals surface area contributed by atoms with Crippen molar-refractivity contribution in [1.29, 1.82) is 0 Å². The van der Waals surface area contributed by atoms with Crippen LogP contribution in [0.4, 0.5) is 0 Å². The molecule has 1 saturated heterocycles. The topological polar surface area (TPSA) is 67.6 Å². The molecule has 0 aromatic rings. The first-order valence-electron chi connectivity index (χ1n) is 9.31. The lowest BCUT2D eigenvalue weighted by Crippen LogP contribution is -2.55. The predicted molar refractivity (Wildman–Crippen MR) is 93.2 cm³/mol. The van der Waals surface area contributed by atoms with E-state index in [0.717, 1.165) is 64.8 Å². The molecule has 0 bridgehead atoms. The van der Waals surface area contributed by atoms with E-state index in [1.807, 2.05) is 6.92 Å². The molecule has 2 rings (SSSR count). The molecule has 3 N–H and O–H groups in total. The maximum atomic E-state index is 12.6. The van der Waals surface area contributed by atoms with Crippen LogP contribution in [0.3, 0.4) is 0 Å². The van der Waals surface area contributed by atoms with Gasteiger partial charge < -0.3 is 20.7 Å². The van der Waals surface area contributed by atoms with Crippen molar-refractivity contribution in [1.82, 2.24) is 10.2 Å². The van der Waals surface area contributed by atoms with Crippen LogP contribution in [0.25, 0.3) is 0 Å². The molecular weight excluding hydrogens is 290 g/mol. The Kier molecular flexibility index (Phi) is 6.86. The van der Waals surface area contributed by atoms with E-state index >= 15 is 0 Å². The molecule has 134 valence electrons. The van der Waals surface area contributed by atoms with Crippen LogP contribution in [0.15, 0.2) is 0 Å². The third-order valence-electron chi connectivity index (χ3n) is 5.36. The molecule has 1 aliphatic carbocycles. The third kappa shape index (κ3) is 5.73. The Morgan fingerprint density at radius 1 is 1.30 bits per heavy atom. The van der Waals surface area contributed by atoms with E-state index in [4.69, 9.17) is 10.5 Å². The molecule has 2 aliphatic rings. The van der Waals surface area contributed by atoms with Crippen molar-refractivity contribution in [3.63, 3.8) is 0 Å². The molecular formula is C18H35N3O2. The Labute approximate surface area is 141 Å². The molecule has 2 fully saturated rings. The number of carbonyl (C=O) groups is 1. The first kappa shape index (κ1) is 18.7. The predicted octanol–water partition coefficient (Wildman–Crippen LogP) is 1.90. The second-order valence-electron chi connectivity index (χ2n) is 7.85. The Bertz CT molecular complexity index is 376. The van der Waals surface area contributed by atoms with Crippen LogP contribution in [-0.4, -0.2) is 54.7 Å². The van der Waals surface area contributed by atoms with E-state index in [-0.39, 0.29) is 17.4 Å². The second kappa shape index (κ2) is 8.45. The number of hydrogen-bond donors (Lipinski definition) is 2. The monoisotopic (exact) mass is 325 g/mol. The van der Waals surface area contributed by atoms with Crippen molar-refractivity contribution in [3.8, 4) is 0 Å². The summed E-state index contributed by atoms with van der Waals surface area (Å²) in [5.41, 5.74) is 6.01. The minimum absolute atomic E-state index is 0.0197. The van der Waals surface area contributed by atoms with Crippen molar-refractivity contribution >= 4 is 5.91 Å². The number of ether oxygens (including phenoxy) is 1. The van der Waals surface area contributed by atoms with E-state index in [1.54, 1.807) is 0 Å². The SMILES string of the molecule is CC(C)OCCN1CCC(NC(=O)C2CCCCC2(C)N)CC1. The lowest BCUT2D eigenvalue weighted by Gasteiger charge is -2.39. The van der Waals surface area contributed by atoms with E-state index in [9.17, 15) is 4.79 Å². The van der Waals surface area contributed by atoms with Crippen molar-refractivity contribution in [3.05, 3.63) is 0 Å². The van der Waals surface area contributed by atoms with Gasteiger partial charge in [-0.25, -0.2) is 0 Å². The molecule has 23 heavy (non-hydrogen) atoms. The Hall–Kier alpha value is -0.650. The van der Waals surface area contributed by atoms with Crippen molar-refractivity contribution in [2.75, 3.05) is 26.2 Å². The molecule has 1 aliphatic heterocycles. The molecule has 0 aromatic carbocycles. The number of carbonyl (C=O) groups excluding carboxylic acids is 1. The molecule has 5 heteroatoms. The van der Waals surface area contributed by atoms with Gasteiger partial charge in [0, 0.05) is 31.2 Å². The zero-order valence-corrected chi connectivity index (χ0v) is 15.1. The highest BCUT2D eigenvalue weighted by molar-refractivity contribution is 5.80. The van der Waals surface area contributed by atoms with Crippen LogP contribution < -0.4 is 11.1 Å². The van der Waals surface area contributed by atoms with Gasteiger partial charge in [0.15, 0.2) is 0 Å². The molecule has 1 heterocycles. The standard InChI is InChI=1S/C18H35N3O2/c1-14(2)23-13-12-21-10-7-15(8-11-21)20-17(22)16-6-4-5-9-18(16,3)19/h14-16H,4-13,19H2,1-3H3,(H,20,22). The lowest BCUT2D eigenvalue weighted by molar-refractivity contribution is -0.129. The molecule has 1 saturated carbocycles. The quantitative estimate of drug-likeness (QED) is 0.783. The highest BCUT2D eigenvalue weighted by Crippen LogP contribution is 2.31. The van der Waals surface area contributed by atoms with E-state index in [0.29, 0.717) is 12.1 Å². The van der Waals surface area contributed by atoms with Crippen molar-refractivity contribution in [2.45, 2.75) is 77.0 Å². The maximum absolute atomic E-state index is 12.6. The first-order chi connectivity index (χ1) is 10.9. The molecule has 0 spiro atoms. The molecule has 2 atom stereocenters. The summed E-state index contributed by atoms with van der Waals surface area (Å²) in [6.07, 6.45) is 6.52. The zero-order chi connectivity index (χ0) is 16.9. The Morgan fingerprint density at radius 2 is 2.00 bits per heavy atom. The maximum Gasteiger partial charge on any atom is 0.225 e. The third-order valence-corrected chi connectivity index (χ3v) is 5.36. The number of rotatable bonds is 6. The Morgan fingerprint density at radius 3 is 2.61 bits per heavy atom. The van der Waals surface area contributed by atoms with Crippen LogP contribution >= 0.6 is 0 Å². The van der Waals surface area contributed by atoms with Gasteiger partial charge in [0.05, 0.1) is 18.6 Å². The van der Waals surface area contributed by atoms with Crippen LogP contribution in [-0.2, 0) is 9.53 Å². The highest BCUT2D eigenvalue weighted by Gasteiger charge is 2.38. The fourth-order valence-electron chi connectivity index (χ4n) is 3.81. The molecule has 5 nitrogen and oxygen atoms in total. The average Bonchev–Trinajstić information content (AvgIpc) is 2.48. The number of nitrogens with zero attached hydrogens (tertiary/aromatic N) is 1. The number of nitrogens with two attached hydrogens (primary N) is 1. The number of nitrogens with one attached hydrogen (secondary N) is 1. The van der Waals surface area contributed by atoms with Crippen molar-refractivity contribution in [2.24, 2.45) is 11.7 Å². The van der Waals surface area contributed by atoms with Gasteiger partial charge in [-0.15, -0.1) is 0 Å². The van der Waals surface area contributed by atoms with Crippen LogP contribution in [0.1, 0.15) is 59.3 Å². The van der Waals surface area contributed by atoms with Gasteiger partial charge in [-0.2, -0.15) is 0 Å². The summed E-state index contributed by atoms with van der Waals surface area (Å²) in [7, 11) is 0. The van der Waals surface area contributed by atoms with Crippen molar-refractivity contribution < 1.29 is 9.53 Å². The first-order valence-corrected chi connectivity index (χ1v) is 9.31. The van der Waals surface area contributed by atoms with Gasteiger partial charge >= 0.3 is 0 Å². The average molecular weight is 325 g/mol. The number of piperidine rings is 1. The smallest absolute Gasteiger partial charge is 0.225 e. The number of amides is 1. The highest BCUT2D eigenvalue weighted by atomic mass is 16.5. The fraction of sp³-hybridized carbons (Fsp3) is 0.944. The minimum Gasteiger partial charge on any atom is -0.377 e. The van der Waals surface area contributed by atoms with Crippen LogP contribution in [0.2, 0.25) is 0 Å². The second-order valence-corrected chi connectivity index (χ2v) is 7.85. The van der Waals surface area contributed by atoms with Gasteiger partial charge in [-0.05, 0) is 46.5 Å². The van der Waals surface area contributed by atoms with Crippen LogP contribution in [0, 0.1) is 5.92 Å². The largest absolute Gasteiger partial charge is 0.377 e. The Balaban J connectivity index is 1.70. The van der Waals surface area contributed by atoms with Gasteiger partial charge in [0.2, 0.25) is 5.91 Å². The molecule has 0 radical (unpaired) electrons. The molecule has 0 aromatic heterocycles. The summed E-state index contributed by atoms with van der Waals surface area (Å²) in [5, 5.41) is 3.26. The summed E-state index contributed by atoms with van der Waals surface area (Å²) >= 11 is 0. The number of likely N-dealkylation sites (tertiary alicyclic amines) is 1. The van der Waals surface area contributed by atoms with E-state index < -0.39 is 0 Å². The zero-order valence-electron chi connectivity index (χ0n) is 15.1. The van der Waals surface area contributed by atoms with Gasteiger partial charge in [-0.1, -0.05) is 12.8 Å². The summed E-state index contributed by atoms with van der Waals surface area (Å²) in [6.45, 7) is 10.0. The van der Waals surface area contributed by atoms with E-state index in [2.05, 4.69) is 24.1 Å². The molecule has 2 unspecified atom stereocenters. The fourth-order valence-corrected chi connectivity index (χ4v) is 3.81. The molecule has 1 amide bonds. The summed E-state index contributed by atoms with van der Waals surface area (Å²) in [4.78, 5) is 15.0. The van der Waals surface area contributed by atoms with Gasteiger partial charge in [0.1, 0.15) is 0 Å². The van der Waals surface area contributed by atoms with Crippen LogP contribution in [0.5, 0.6) is 0 Å². The minimum atomic E-state index is -0.336. The summed E-state index contributed by atoms with van der Waals surface area (Å²) < 4.78 is 5.61. The lowest BCUT2D eigenvalue weighted by atomic mass is 9.74. The van der Waals surface area contributed by atoms with Gasteiger partial charge in [-0.3, -0.25) is 4.79 Å². The van der Waals surface area contributed by atoms with E-state index in [1.165, 1.54) is 0 Å². The van der Waals surface area contributed by atoms with Gasteiger partial charge in [0.25, 0.3) is 0 Å². The summed E-state index contributed by atoms with van der Waals surface area (Å²) in [5.74, 6) is 0.157. The number of hydrogen-bond acceptors (Lipinski definition) is 4. The summed E-state index contributed by atoms with van der Waals surface area (Å²) in [6, 6.07) is 0.308. The normalized spacial score (nSPS) is 30.6.